The van der Waals surface area contributed by atoms with E-state index in [0.29, 0.717) is 47.5 Å². The maximum absolute atomic E-state index is 12.8. The highest BCUT2D eigenvalue weighted by molar-refractivity contribution is 6.42. The molecule has 1 atom stereocenters. The Morgan fingerprint density at radius 3 is 2.47 bits per heavy atom. The molecule has 4 rings (SSSR count). The first kappa shape index (κ1) is 20.5. The molecule has 1 saturated heterocycles. The summed E-state index contributed by atoms with van der Waals surface area (Å²) in [5.74, 6) is -0.933. The lowest BCUT2D eigenvalue weighted by molar-refractivity contribution is -0.134. The van der Waals surface area contributed by atoms with E-state index in [9.17, 15) is 14.4 Å². The fraction of sp³-hybridized carbons (Fsp3) is 0.286. The predicted octanol–water partition coefficient (Wildman–Crippen LogP) is 2.78. The zero-order valence-corrected chi connectivity index (χ0v) is 17.5. The molecule has 30 heavy (non-hydrogen) atoms. The second-order valence-electron chi connectivity index (χ2n) is 7.23. The molecule has 0 aliphatic carbocycles. The first-order chi connectivity index (χ1) is 14.4. The maximum atomic E-state index is 12.8. The van der Waals surface area contributed by atoms with E-state index >= 15 is 0 Å². The molecule has 2 heterocycles. The van der Waals surface area contributed by atoms with E-state index in [4.69, 9.17) is 23.2 Å². The van der Waals surface area contributed by atoms with Crippen LogP contribution < -0.4 is 15.5 Å². The lowest BCUT2D eigenvalue weighted by atomic mass is 10.1. The highest BCUT2D eigenvalue weighted by atomic mass is 35.5. The zero-order chi connectivity index (χ0) is 21.3. The third-order valence-electron chi connectivity index (χ3n) is 5.33. The number of nitrogens with zero attached hydrogens (tertiary/aromatic N) is 2. The summed E-state index contributed by atoms with van der Waals surface area (Å²) in [6.45, 7) is 2.31. The standard InChI is InChI=1S/C21H20Cl2N4O3/c22-15-6-5-13(11-16(15)23)26-7-9-27(10-8-26)19(28)12-18-21(30)24-17-4-2-1-3-14(17)20(29)25-18/h1-6,11,18H,7-10,12H2,(H,24,30)(H,25,29). The number of carbonyl (C=O) groups is 3. The van der Waals surface area contributed by atoms with Gasteiger partial charge in [0.2, 0.25) is 11.8 Å². The minimum Gasteiger partial charge on any atom is -0.368 e. The van der Waals surface area contributed by atoms with Crippen molar-refractivity contribution in [2.24, 2.45) is 0 Å². The van der Waals surface area contributed by atoms with Gasteiger partial charge in [0.15, 0.2) is 0 Å². The molecule has 2 aliphatic heterocycles. The quantitative estimate of drug-likeness (QED) is 0.759. The number of amides is 3. The van der Waals surface area contributed by atoms with Crippen LogP contribution in [0.3, 0.4) is 0 Å². The van der Waals surface area contributed by atoms with Gasteiger partial charge in [0.1, 0.15) is 6.04 Å². The normalized spacial score (nSPS) is 18.9. The summed E-state index contributed by atoms with van der Waals surface area (Å²) in [5.41, 5.74) is 1.78. The van der Waals surface area contributed by atoms with E-state index in [1.807, 2.05) is 12.1 Å². The molecule has 2 aromatic carbocycles. The number of hydrogen-bond acceptors (Lipinski definition) is 4. The van der Waals surface area contributed by atoms with Gasteiger partial charge in [0.25, 0.3) is 5.91 Å². The van der Waals surface area contributed by atoms with Crippen LogP contribution in [0.4, 0.5) is 11.4 Å². The molecule has 9 heteroatoms. The van der Waals surface area contributed by atoms with E-state index in [2.05, 4.69) is 15.5 Å². The summed E-state index contributed by atoms with van der Waals surface area (Å²) in [6, 6.07) is 11.3. The van der Waals surface area contributed by atoms with E-state index in [0.717, 1.165) is 5.69 Å². The van der Waals surface area contributed by atoms with E-state index in [1.54, 1.807) is 35.2 Å². The third kappa shape index (κ3) is 4.22. The number of anilines is 2. The molecule has 2 aromatic rings. The molecule has 0 spiro atoms. The summed E-state index contributed by atoms with van der Waals surface area (Å²) in [7, 11) is 0. The molecule has 156 valence electrons. The largest absolute Gasteiger partial charge is 0.368 e. The molecule has 1 unspecified atom stereocenters. The fourth-order valence-corrected chi connectivity index (χ4v) is 3.95. The number of carbonyl (C=O) groups excluding carboxylic acids is 3. The molecule has 1 fully saturated rings. The van der Waals surface area contributed by atoms with Gasteiger partial charge in [-0.1, -0.05) is 35.3 Å². The van der Waals surface area contributed by atoms with Gasteiger partial charge in [-0.3, -0.25) is 14.4 Å². The Hall–Kier alpha value is -2.77. The Kier molecular flexibility index (Phi) is 5.83. The first-order valence-electron chi connectivity index (χ1n) is 9.61. The predicted molar refractivity (Wildman–Crippen MR) is 116 cm³/mol. The topological polar surface area (TPSA) is 81.8 Å². The summed E-state index contributed by atoms with van der Waals surface area (Å²) in [6.07, 6.45) is -0.0850. The van der Waals surface area contributed by atoms with Crippen molar-refractivity contribution in [1.29, 1.82) is 0 Å². The molecule has 7 nitrogen and oxygen atoms in total. The second kappa shape index (κ2) is 8.53. The zero-order valence-electron chi connectivity index (χ0n) is 16.0. The van der Waals surface area contributed by atoms with Gasteiger partial charge in [0.05, 0.1) is 27.7 Å². The fourth-order valence-electron chi connectivity index (χ4n) is 3.65. The van der Waals surface area contributed by atoms with Crippen LogP contribution in [0.25, 0.3) is 0 Å². The summed E-state index contributed by atoms with van der Waals surface area (Å²) < 4.78 is 0. The van der Waals surface area contributed by atoms with Crippen LogP contribution in [-0.4, -0.2) is 54.8 Å². The van der Waals surface area contributed by atoms with Crippen LogP contribution >= 0.6 is 23.2 Å². The second-order valence-corrected chi connectivity index (χ2v) is 8.05. The van der Waals surface area contributed by atoms with Gasteiger partial charge in [-0.05, 0) is 30.3 Å². The minimum absolute atomic E-state index is 0.0850. The lowest BCUT2D eigenvalue weighted by Crippen LogP contribution is -2.51. The molecule has 2 aliphatic rings. The SMILES string of the molecule is O=C1NC(CC(=O)N2CCN(c3ccc(Cl)c(Cl)c3)CC2)C(=O)Nc2ccccc21. The molecule has 2 N–H and O–H groups in total. The van der Waals surface area contributed by atoms with Crippen LogP contribution in [0.1, 0.15) is 16.8 Å². The summed E-state index contributed by atoms with van der Waals surface area (Å²) in [4.78, 5) is 41.5. The highest BCUT2D eigenvalue weighted by Gasteiger charge is 2.31. The van der Waals surface area contributed by atoms with Gasteiger partial charge >= 0.3 is 0 Å². The third-order valence-corrected chi connectivity index (χ3v) is 6.07. The van der Waals surface area contributed by atoms with Crippen molar-refractivity contribution in [1.82, 2.24) is 10.2 Å². The minimum atomic E-state index is -0.912. The Morgan fingerprint density at radius 1 is 1.00 bits per heavy atom. The van der Waals surface area contributed by atoms with Gasteiger partial charge in [-0.15, -0.1) is 0 Å². The van der Waals surface area contributed by atoms with Crippen LogP contribution in [0.5, 0.6) is 0 Å². The van der Waals surface area contributed by atoms with Crippen molar-refractivity contribution in [3.05, 3.63) is 58.1 Å². The number of nitrogens with one attached hydrogen (secondary N) is 2. The van der Waals surface area contributed by atoms with Gasteiger partial charge in [0, 0.05) is 31.9 Å². The Labute approximate surface area is 183 Å². The van der Waals surface area contributed by atoms with Crippen LogP contribution in [0, 0.1) is 0 Å². The smallest absolute Gasteiger partial charge is 0.254 e. The number of benzene rings is 2. The van der Waals surface area contributed by atoms with Crippen molar-refractivity contribution in [3.8, 4) is 0 Å². The summed E-state index contributed by atoms with van der Waals surface area (Å²) >= 11 is 12.1. The van der Waals surface area contributed by atoms with Gasteiger partial charge < -0.3 is 20.4 Å². The van der Waals surface area contributed by atoms with Crippen LogP contribution in [0.2, 0.25) is 10.0 Å². The van der Waals surface area contributed by atoms with Crippen LogP contribution in [-0.2, 0) is 9.59 Å². The molecule has 0 aromatic heterocycles. The average Bonchev–Trinajstić information content (AvgIpc) is 2.86. The van der Waals surface area contributed by atoms with Crippen molar-refractivity contribution < 1.29 is 14.4 Å². The van der Waals surface area contributed by atoms with Crippen molar-refractivity contribution in [3.63, 3.8) is 0 Å². The molecule has 0 saturated carbocycles. The summed E-state index contributed by atoms with van der Waals surface area (Å²) in [5, 5.41) is 6.38. The van der Waals surface area contributed by atoms with Crippen molar-refractivity contribution in [2.75, 3.05) is 36.4 Å². The molecular weight excluding hydrogens is 427 g/mol. The number of para-hydroxylation sites is 1. The van der Waals surface area contributed by atoms with E-state index in [-0.39, 0.29) is 18.2 Å². The van der Waals surface area contributed by atoms with Gasteiger partial charge in [-0.25, -0.2) is 0 Å². The molecule has 0 bridgehead atoms. The van der Waals surface area contributed by atoms with Crippen LogP contribution in [0.15, 0.2) is 42.5 Å². The highest BCUT2D eigenvalue weighted by Crippen LogP contribution is 2.28. The average molecular weight is 447 g/mol. The number of rotatable bonds is 3. The van der Waals surface area contributed by atoms with Crippen molar-refractivity contribution >= 4 is 52.3 Å². The lowest BCUT2D eigenvalue weighted by Gasteiger charge is -2.36. The number of piperazine rings is 1. The van der Waals surface area contributed by atoms with E-state index < -0.39 is 11.9 Å². The molecular formula is C21H20Cl2N4O3. The Morgan fingerprint density at radius 2 is 1.73 bits per heavy atom. The maximum Gasteiger partial charge on any atom is 0.254 e. The van der Waals surface area contributed by atoms with Gasteiger partial charge in [-0.2, -0.15) is 0 Å². The Balaban J connectivity index is 1.36. The first-order valence-corrected chi connectivity index (χ1v) is 10.4. The number of hydrogen-bond donors (Lipinski definition) is 2. The number of fused-ring (bicyclic) bond motifs is 1. The van der Waals surface area contributed by atoms with E-state index in [1.165, 1.54) is 0 Å². The Bertz CT molecular complexity index is 1010. The number of halogens is 2. The monoisotopic (exact) mass is 446 g/mol. The van der Waals surface area contributed by atoms with Crippen molar-refractivity contribution in [2.45, 2.75) is 12.5 Å². The molecule has 0 radical (unpaired) electrons. The molecule has 3 amide bonds.